The summed E-state index contributed by atoms with van der Waals surface area (Å²) < 4.78 is 79.7. The van der Waals surface area contributed by atoms with Crippen LogP contribution in [0.3, 0.4) is 0 Å². The van der Waals surface area contributed by atoms with Gasteiger partial charge in [0, 0.05) is 6.07 Å². The van der Waals surface area contributed by atoms with E-state index in [2.05, 4.69) is 5.10 Å². The maximum Gasteiger partial charge on any atom is 0.432 e. The van der Waals surface area contributed by atoms with Gasteiger partial charge in [-0.05, 0) is 12.1 Å². The zero-order chi connectivity index (χ0) is 16.7. The lowest BCUT2D eigenvalue weighted by Crippen LogP contribution is -2.05. The number of aromatic nitrogens is 2. The molecule has 3 nitrogen and oxygen atoms in total. The highest BCUT2D eigenvalue weighted by atomic mass is 35.5. The summed E-state index contributed by atoms with van der Waals surface area (Å²) in [5, 5.41) is 3.86. The van der Waals surface area contributed by atoms with Gasteiger partial charge in [-0.15, -0.1) is 5.10 Å². The number of nitrogens with zero attached hydrogens (tertiary/aromatic N) is 1. The van der Waals surface area contributed by atoms with Gasteiger partial charge in [0.1, 0.15) is 5.69 Å². The van der Waals surface area contributed by atoms with Gasteiger partial charge in [0.05, 0.1) is 15.6 Å². The second-order valence-electron chi connectivity index (χ2n) is 3.99. The minimum Gasteiger partial charge on any atom is -0.434 e. The molecule has 0 bridgehead atoms. The zero-order valence-electron chi connectivity index (χ0n) is 10.1. The average molecular weight is 365 g/mol. The van der Waals surface area contributed by atoms with E-state index in [1.54, 1.807) is 5.10 Å². The molecule has 0 aliphatic carbocycles. The summed E-state index contributed by atoms with van der Waals surface area (Å²) in [6.07, 6.45) is -9.36. The van der Waals surface area contributed by atoms with Gasteiger partial charge in [0.2, 0.25) is 5.88 Å². The lowest BCUT2D eigenvalue weighted by molar-refractivity contribution is -0.141. The van der Waals surface area contributed by atoms with Crippen molar-refractivity contribution in [3.63, 3.8) is 0 Å². The van der Waals surface area contributed by atoms with E-state index in [9.17, 15) is 26.3 Å². The summed E-state index contributed by atoms with van der Waals surface area (Å²) in [6, 6.07) is 1.60. The smallest absolute Gasteiger partial charge is 0.432 e. The summed E-state index contributed by atoms with van der Waals surface area (Å²) in [4.78, 5) is 0. The number of rotatable bonds is 2. The fraction of sp³-hybridized carbons (Fsp3) is 0.182. The molecule has 0 fully saturated rings. The molecular weight excluding hydrogens is 361 g/mol. The molecule has 1 aromatic carbocycles. The number of H-pyrrole nitrogens is 1. The first-order chi connectivity index (χ1) is 9.98. The largest absolute Gasteiger partial charge is 0.434 e. The van der Waals surface area contributed by atoms with Gasteiger partial charge in [-0.2, -0.15) is 26.3 Å². The molecule has 11 heteroatoms. The molecule has 0 saturated carbocycles. The first kappa shape index (κ1) is 16.8. The van der Waals surface area contributed by atoms with E-state index in [0.717, 1.165) is 0 Å². The number of hydrogen-bond donors (Lipinski definition) is 1. The summed E-state index contributed by atoms with van der Waals surface area (Å²) in [5.41, 5.74) is -2.31. The molecule has 2 aromatic rings. The molecule has 0 aliphatic rings. The van der Waals surface area contributed by atoms with Gasteiger partial charge >= 0.3 is 12.4 Å². The molecule has 0 aliphatic heterocycles. The predicted molar refractivity (Wildman–Crippen MR) is 65.1 cm³/mol. The van der Waals surface area contributed by atoms with Crippen LogP contribution in [-0.4, -0.2) is 10.2 Å². The maximum atomic E-state index is 12.5. The molecule has 1 aromatic heterocycles. The lowest BCUT2D eigenvalue weighted by atomic mass is 10.2. The molecule has 0 unspecified atom stereocenters. The van der Waals surface area contributed by atoms with E-state index in [4.69, 9.17) is 27.9 Å². The van der Waals surface area contributed by atoms with Crippen molar-refractivity contribution >= 4 is 23.2 Å². The predicted octanol–water partition coefficient (Wildman–Crippen LogP) is 5.55. The Bertz CT molecular complexity index is 672. The Morgan fingerprint density at radius 1 is 0.909 bits per heavy atom. The van der Waals surface area contributed by atoms with Crippen molar-refractivity contribution in [1.82, 2.24) is 10.2 Å². The molecule has 22 heavy (non-hydrogen) atoms. The van der Waals surface area contributed by atoms with Crippen molar-refractivity contribution in [3.05, 3.63) is 39.5 Å². The number of nitrogens with one attached hydrogen (secondary N) is 1. The minimum atomic E-state index is -4.68. The third kappa shape index (κ3) is 3.58. The van der Waals surface area contributed by atoms with E-state index in [0.29, 0.717) is 18.2 Å². The average Bonchev–Trinajstić information content (AvgIpc) is 2.80. The van der Waals surface area contributed by atoms with Crippen LogP contribution in [0, 0.1) is 0 Å². The molecule has 0 radical (unpaired) electrons. The highest BCUT2D eigenvalue weighted by Gasteiger charge is 2.34. The first-order valence-corrected chi connectivity index (χ1v) is 6.11. The van der Waals surface area contributed by atoms with E-state index in [-0.39, 0.29) is 0 Å². The van der Waals surface area contributed by atoms with Crippen molar-refractivity contribution < 1.29 is 31.1 Å². The summed E-state index contributed by atoms with van der Waals surface area (Å²) >= 11 is 11.2. The van der Waals surface area contributed by atoms with Gasteiger partial charge in [0.25, 0.3) is 0 Å². The lowest BCUT2D eigenvalue weighted by Gasteiger charge is -2.11. The number of benzene rings is 1. The molecule has 0 amide bonds. The normalized spacial score (nSPS) is 12.5. The van der Waals surface area contributed by atoms with Crippen LogP contribution in [0.5, 0.6) is 11.6 Å². The van der Waals surface area contributed by atoms with Crippen LogP contribution in [0.4, 0.5) is 26.3 Å². The zero-order valence-corrected chi connectivity index (χ0v) is 11.6. The SMILES string of the molecule is FC(F)(F)c1cc(Cl)c(Oc2cc(C(F)(F)F)[nH]n2)c(Cl)c1. The van der Waals surface area contributed by atoms with E-state index < -0.39 is 45.3 Å². The third-order valence-corrected chi connectivity index (χ3v) is 2.95. The van der Waals surface area contributed by atoms with Crippen molar-refractivity contribution in [2.24, 2.45) is 0 Å². The van der Waals surface area contributed by atoms with Crippen LogP contribution >= 0.6 is 23.2 Å². The quantitative estimate of drug-likeness (QED) is 0.709. The Kier molecular flexibility index (Phi) is 4.22. The van der Waals surface area contributed by atoms with E-state index in [1.807, 2.05) is 0 Å². The van der Waals surface area contributed by atoms with Crippen molar-refractivity contribution in [1.29, 1.82) is 0 Å². The molecule has 0 atom stereocenters. The Hall–Kier alpha value is -1.61. The molecule has 2 rings (SSSR count). The molecule has 120 valence electrons. The second kappa shape index (κ2) is 5.54. The number of alkyl halides is 6. The number of halogens is 8. The monoisotopic (exact) mass is 364 g/mol. The van der Waals surface area contributed by atoms with Crippen LogP contribution in [0.15, 0.2) is 18.2 Å². The van der Waals surface area contributed by atoms with Crippen LogP contribution in [0.2, 0.25) is 10.0 Å². The summed E-state index contributed by atoms with van der Waals surface area (Å²) in [5.74, 6) is -0.979. The second-order valence-corrected chi connectivity index (χ2v) is 4.80. The standard InChI is InChI=1S/C11H4Cl2F6N2O/c12-5-1-4(10(14,15)16)2-6(13)9(5)22-8-3-7(20-21-8)11(17,18)19/h1-3H,(H,20,21). The van der Waals surface area contributed by atoms with Crippen molar-refractivity contribution in [3.8, 4) is 11.6 Å². The minimum absolute atomic E-state index is 0.434. The Labute approximate surface area is 128 Å². The van der Waals surface area contributed by atoms with Crippen LogP contribution < -0.4 is 4.74 Å². The Morgan fingerprint density at radius 3 is 1.86 bits per heavy atom. The van der Waals surface area contributed by atoms with E-state index >= 15 is 0 Å². The van der Waals surface area contributed by atoms with Crippen LogP contribution in [0.25, 0.3) is 0 Å². The molecular formula is C11H4Cl2F6N2O. The Balaban J connectivity index is 2.33. The number of aromatic amines is 1. The molecule has 0 spiro atoms. The first-order valence-electron chi connectivity index (χ1n) is 5.35. The van der Waals surface area contributed by atoms with Gasteiger partial charge < -0.3 is 4.74 Å². The highest BCUT2D eigenvalue weighted by molar-refractivity contribution is 6.37. The third-order valence-electron chi connectivity index (χ3n) is 2.39. The molecule has 0 saturated heterocycles. The summed E-state index contributed by atoms with van der Waals surface area (Å²) in [7, 11) is 0. The number of hydrogen-bond acceptors (Lipinski definition) is 2. The maximum absolute atomic E-state index is 12.5. The van der Waals surface area contributed by atoms with Crippen molar-refractivity contribution in [2.75, 3.05) is 0 Å². The van der Waals surface area contributed by atoms with Crippen molar-refractivity contribution in [2.45, 2.75) is 12.4 Å². The van der Waals surface area contributed by atoms with Crippen LogP contribution in [0.1, 0.15) is 11.3 Å². The number of ether oxygens (including phenoxy) is 1. The van der Waals surface area contributed by atoms with E-state index in [1.165, 1.54) is 0 Å². The molecule has 1 N–H and O–H groups in total. The van der Waals surface area contributed by atoms with Crippen LogP contribution in [-0.2, 0) is 12.4 Å². The van der Waals surface area contributed by atoms with Gasteiger partial charge in [-0.1, -0.05) is 23.2 Å². The van der Waals surface area contributed by atoms with Gasteiger partial charge in [0.15, 0.2) is 5.75 Å². The topological polar surface area (TPSA) is 37.9 Å². The fourth-order valence-corrected chi connectivity index (χ4v) is 1.99. The van der Waals surface area contributed by atoms with Gasteiger partial charge in [-0.3, -0.25) is 5.10 Å². The Morgan fingerprint density at radius 2 is 1.45 bits per heavy atom. The molecule has 1 heterocycles. The fourth-order valence-electron chi connectivity index (χ4n) is 1.43. The highest BCUT2D eigenvalue weighted by Crippen LogP contribution is 2.41. The summed E-state index contributed by atoms with van der Waals surface area (Å²) in [6.45, 7) is 0. The van der Waals surface area contributed by atoms with Gasteiger partial charge in [-0.25, -0.2) is 0 Å².